The average molecular weight is 352 g/mol. The maximum absolute atomic E-state index is 12.2. The number of halogens is 2. The van der Waals surface area contributed by atoms with Crippen LogP contribution in [0.3, 0.4) is 0 Å². The minimum Gasteiger partial charge on any atom is -0.349 e. The zero-order valence-electron chi connectivity index (χ0n) is 12.6. The SMILES string of the molecule is Cc1c(Cl)cc(C(=O)NC(C)C(C)(C)C)cc1S(=O)(=O)Cl. The summed E-state index contributed by atoms with van der Waals surface area (Å²) in [7, 11) is 1.41. The number of hydrogen-bond donors (Lipinski definition) is 1. The fraction of sp³-hybridized carbons (Fsp3) is 0.500. The van der Waals surface area contributed by atoms with Gasteiger partial charge < -0.3 is 5.32 Å². The second kappa shape index (κ2) is 6.15. The molecule has 0 radical (unpaired) electrons. The Kier molecular flexibility index (Phi) is 5.35. The summed E-state index contributed by atoms with van der Waals surface area (Å²) < 4.78 is 23.1. The number of hydrogen-bond acceptors (Lipinski definition) is 3. The van der Waals surface area contributed by atoms with Gasteiger partial charge in [0.25, 0.3) is 15.0 Å². The van der Waals surface area contributed by atoms with E-state index >= 15 is 0 Å². The van der Waals surface area contributed by atoms with Crippen LogP contribution in [0.5, 0.6) is 0 Å². The van der Waals surface area contributed by atoms with Crippen molar-refractivity contribution in [1.29, 1.82) is 0 Å². The highest BCUT2D eigenvalue weighted by molar-refractivity contribution is 8.13. The largest absolute Gasteiger partial charge is 0.349 e. The van der Waals surface area contributed by atoms with Crippen molar-refractivity contribution in [3.8, 4) is 0 Å². The molecule has 0 aliphatic carbocycles. The van der Waals surface area contributed by atoms with Crippen molar-refractivity contribution >= 4 is 37.2 Å². The second-order valence-electron chi connectivity index (χ2n) is 6.08. The molecule has 0 saturated heterocycles. The van der Waals surface area contributed by atoms with Crippen LogP contribution in [0.1, 0.15) is 43.6 Å². The normalized spacial score (nSPS) is 13.9. The first-order valence-corrected chi connectivity index (χ1v) is 9.08. The second-order valence-corrected chi connectivity index (χ2v) is 9.02. The first kappa shape index (κ1) is 18.3. The molecule has 0 aliphatic rings. The third-order valence-electron chi connectivity index (χ3n) is 3.47. The molecule has 0 bridgehead atoms. The van der Waals surface area contributed by atoms with Gasteiger partial charge >= 0.3 is 0 Å². The number of amides is 1. The molecule has 1 atom stereocenters. The van der Waals surface area contributed by atoms with Crippen molar-refractivity contribution in [2.75, 3.05) is 0 Å². The fourth-order valence-electron chi connectivity index (χ4n) is 1.53. The third kappa shape index (κ3) is 4.59. The van der Waals surface area contributed by atoms with Gasteiger partial charge in [-0.3, -0.25) is 4.79 Å². The van der Waals surface area contributed by atoms with E-state index in [4.69, 9.17) is 22.3 Å². The molecule has 1 aromatic rings. The first-order valence-electron chi connectivity index (χ1n) is 6.39. The predicted molar refractivity (Wildman–Crippen MR) is 85.6 cm³/mol. The Balaban J connectivity index is 3.21. The zero-order valence-corrected chi connectivity index (χ0v) is 14.9. The molecule has 1 amide bonds. The van der Waals surface area contributed by atoms with E-state index in [-0.39, 0.29) is 32.8 Å². The lowest BCUT2D eigenvalue weighted by Crippen LogP contribution is -2.41. The molecule has 4 nitrogen and oxygen atoms in total. The number of nitrogens with one attached hydrogen (secondary N) is 1. The molecule has 1 N–H and O–H groups in total. The van der Waals surface area contributed by atoms with Crippen molar-refractivity contribution in [3.05, 3.63) is 28.3 Å². The van der Waals surface area contributed by atoms with Crippen LogP contribution >= 0.6 is 22.3 Å². The lowest BCUT2D eigenvalue weighted by molar-refractivity contribution is 0.0910. The van der Waals surface area contributed by atoms with Crippen molar-refractivity contribution in [1.82, 2.24) is 5.32 Å². The molecular formula is C14H19Cl2NO3S. The summed E-state index contributed by atoms with van der Waals surface area (Å²) in [4.78, 5) is 12.1. The van der Waals surface area contributed by atoms with E-state index in [9.17, 15) is 13.2 Å². The van der Waals surface area contributed by atoms with E-state index < -0.39 is 9.05 Å². The molecule has 0 aromatic heterocycles. The Hall–Kier alpha value is -0.780. The first-order chi connectivity index (χ1) is 9.34. The molecule has 1 aromatic carbocycles. The van der Waals surface area contributed by atoms with E-state index in [1.54, 1.807) is 0 Å². The van der Waals surface area contributed by atoms with Crippen LogP contribution in [0, 0.1) is 12.3 Å². The van der Waals surface area contributed by atoms with Gasteiger partial charge in [0.05, 0.1) is 4.90 Å². The Morgan fingerprint density at radius 3 is 2.24 bits per heavy atom. The summed E-state index contributed by atoms with van der Waals surface area (Å²) in [6.07, 6.45) is 0. The molecule has 0 saturated carbocycles. The predicted octanol–water partition coefficient (Wildman–Crippen LogP) is 3.74. The zero-order chi connectivity index (χ0) is 16.6. The lowest BCUT2D eigenvalue weighted by Gasteiger charge is -2.28. The van der Waals surface area contributed by atoms with E-state index in [0.717, 1.165) is 0 Å². The third-order valence-corrected chi connectivity index (χ3v) is 5.31. The van der Waals surface area contributed by atoms with Crippen LogP contribution in [-0.4, -0.2) is 20.4 Å². The van der Waals surface area contributed by atoms with Gasteiger partial charge in [0, 0.05) is 27.3 Å². The van der Waals surface area contributed by atoms with Crippen LogP contribution in [-0.2, 0) is 9.05 Å². The molecule has 0 fully saturated rings. The summed E-state index contributed by atoms with van der Waals surface area (Å²) in [5.74, 6) is -0.388. The van der Waals surface area contributed by atoms with Crippen molar-refractivity contribution < 1.29 is 13.2 Å². The van der Waals surface area contributed by atoms with Gasteiger partial charge in [-0.15, -0.1) is 0 Å². The van der Waals surface area contributed by atoms with E-state index in [1.165, 1.54) is 19.1 Å². The summed E-state index contributed by atoms with van der Waals surface area (Å²) in [6.45, 7) is 9.40. The summed E-state index contributed by atoms with van der Waals surface area (Å²) in [5.41, 5.74) is 0.374. The maximum atomic E-state index is 12.2. The van der Waals surface area contributed by atoms with Gasteiger partial charge in [0.2, 0.25) is 0 Å². The van der Waals surface area contributed by atoms with Crippen molar-refractivity contribution in [3.63, 3.8) is 0 Å². The Labute approximate surface area is 135 Å². The smallest absolute Gasteiger partial charge is 0.261 e. The lowest BCUT2D eigenvalue weighted by atomic mass is 9.88. The van der Waals surface area contributed by atoms with Gasteiger partial charge in [0.1, 0.15) is 0 Å². The summed E-state index contributed by atoms with van der Waals surface area (Å²) in [6, 6.07) is 2.59. The van der Waals surface area contributed by atoms with E-state index in [1.807, 2.05) is 27.7 Å². The molecule has 0 heterocycles. The summed E-state index contributed by atoms with van der Waals surface area (Å²) in [5, 5.41) is 3.01. The Bertz CT molecular complexity index is 664. The maximum Gasteiger partial charge on any atom is 0.261 e. The summed E-state index contributed by atoms with van der Waals surface area (Å²) >= 11 is 5.99. The number of carbonyl (C=O) groups excluding carboxylic acids is 1. The molecular weight excluding hydrogens is 333 g/mol. The number of carbonyl (C=O) groups is 1. The Morgan fingerprint density at radius 1 is 1.29 bits per heavy atom. The quantitative estimate of drug-likeness (QED) is 0.843. The van der Waals surface area contributed by atoms with Crippen LogP contribution in [0.15, 0.2) is 17.0 Å². The molecule has 0 aliphatic heterocycles. The van der Waals surface area contributed by atoms with Crippen molar-refractivity contribution in [2.24, 2.45) is 5.41 Å². The molecule has 1 unspecified atom stereocenters. The van der Waals surface area contributed by atoms with Crippen molar-refractivity contribution in [2.45, 2.75) is 45.6 Å². The molecule has 7 heteroatoms. The molecule has 21 heavy (non-hydrogen) atoms. The standard InChI is InChI=1S/C14H19Cl2NO3S/c1-8-11(15)6-10(7-12(8)21(16,19)20)13(18)17-9(2)14(3,4)5/h6-7,9H,1-5H3,(H,17,18). The number of benzene rings is 1. The molecule has 118 valence electrons. The van der Waals surface area contributed by atoms with Crippen LogP contribution in [0.2, 0.25) is 5.02 Å². The van der Waals surface area contributed by atoms with Gasteiger partial charge in [0.15, 0.2) is 0 Å². The van der Waals surface area contributed by atoms with E-state index in [0.29, 0.717) is 5.56 Å². The average Bonchev–Trinajstić information content (AvgIpc) is 2.29. The van der Waals surface area contributed by atoms with Gasteiger partial charge in [-0.25, -0.2) is 8.42 Å². The minimum atomic E-state index is -3.96. The Morgan fingerprint density at radius 2 is 1.81 bits per heavy atom. The number of rotatable bonds is 3. The highest BCUT2D eigenvalue weighted by Gasteiger charge is 2.24. The molecule has 0 spiro atoms. The van der Waals surface area contributed by atoms with Gasteiger partial charge in [-0.1, -0.05) is 32.4 Å². The van der Waals surface area contributed by atoms with Crippen LogP contribution in [0.25, 0.3) is 0 Å². The van der Waals surface area contributed by atoms with Gasteiger partial charge in [-0.2, -0.15) is 0 Å². The minimum absolute atomic E-state index is 0.0962. The van der Waals surface area contributed by atoms with Crippen LogP contribution < -0.4 is 5.32 Å². The van der Waals surface area contributed by atoms with Gasteiger partial charge in [-0.05, 0) is 37.0 Å². The van der Waals surface area contributed by atoms with E-state index in [2.05, 4.69) is 5.32 Å². The highest BCUT2D eigenvalue weighted by atomic mass is 35.7. The van der Waals surface area contributed by atoms with Crippen LogP contribution in [0.4, 0.5) is 0 Å². The topological polar surface area (TPSA) is 63.2 Å². The fourth-order valence-corrected chi connectivity index (χ4v) is 3.03. The highest BCUT2D eigenvalue weighted by Crippen LogP contribution is 2.28. The monoisotopic (exact) mass is 351 g/mol. The molecule has 1 rings (SSSR count).